The summed E-state index contributed by atoms with van der Waals surface area (Å²) >= 11 is 0. The summed E-state index contributed by atoms with van der Waals surface area (Å²) < 4.78 is 11.4. The maximum Gasteiger partial charge on any atom is 0.193 e. The Kier molecular flexibility index (Phi) is 11.3. The minimum atomic E-state index is 0. The molecule has 0 aromatic heterocycles. The number of halogens is 1. The van der Waals surface area contributed by atoms with E-state index in [1.807, 2.05) is 25.2 Å². The molecule has 1 aliphatic rings. The molecule has 0 radical (unpaired) electrons. The van der Waals surface area contributed by atoms with E-state index in [4.69, 9.17) is 9.47 Å². The summed E-state index contributed by atoms with van der Waals surface area (Å²) in [7, 11) is 7.77. The molecule has 32 heavy (non-hydrogen) atoms. The van der Waals surface area contributed by atoms with E-state index in [-0.39, 0.29) is 30.0 Å². The van der Waals surface area contributed by atoms with Crippen LogP contribution in [0.2, 0.25) is 0 Å². The Morgan fingerprint density at radius 3 is 2.66 bits per heavy atom. The van der Waals surface area contributed by atoms with E-state index >= 15 is 0 Å². The standard InChI is InChI=1S/C25H36N4O2.HI/c1-26-25(27-16-24(28(2)3)22-11-8-12-23(15-22)30-4)29-14-13-21(17-29)19-31-18-20-9-6-5-7-10-20;/h5-12,15,21,24H,13-14,16-19H2,1-4H3,(H,26,27);1H. The normalized spacial score (nSPS) is 17.2. The van der Waals surface area contributed by atoms with E-state index in [1.165, 1.54) is 11.1 Å². The number of hydrogen-bond donors (Lipinski definition) is 1. The molecular weight excluding hydrogens is 515 g/mol. The molecule has 2 atom stereocenters. The van der Waals surface area contributed by atoms with Crippen molar-refractivity contribution in [3.05, 3.63) is 65.7 Å². The minimum Gasteiger partial charge on any atom is -0.497 e. The molecule has 2 unspecified atom stereocenters. The van der Waals surface area contributed by atoms with Gasteiger partial charge in [-0.1, -0.05) is 42.5 Å². The topological polar surface area (TPSA) is 49.3 Å². The van der Waals surface area contributed by atoms with Crippen molar-refractivity contribution in [2.24, 2.45) is 10.9 Å². The summed E-state index contributed by atoms with van der Waals surface area (Å²) in [6.45, 7) is 4.21. The summed E-state index contributed by atoms with van der Waals surface area (Å²) in [5.74, 6) is 2.37. The molecule has 2 aromatic rings. The number of likely N-dealkylation sites (N-methyl/N-ethyl adjacent to an activating group) is 1. The molecule has 1 saturated heterocycles. The zero-order valence-corrected chi connectivity index (χ0v) is 22.0. The first-order chi connectivity index (χ1) is 15.1. The third-order valence-corrected chi connectivity index (χ3v) is 5.82. The van der Waals surface area contributed by atoms with Crippen molar-refractivity contribution in [3.63, 3.8) is 0 Å². The molecule has 0 spiro atoms. The fourth-order valence-electron chi connectivity index (χ4n) is 4.05. The fraction of sp³-hybridized carbons (Fsp3) is 0.480. The van der Waals surface area contributed by atoms with Crippen LogP contribution < -0.4 is 10.1 Å². The summed E-state index contributed by atoms with van der Waals surface area (Å²) in [4.78, 5) is 9.10. The van der Waals surface area contributed by atoms with Crippen LogP contribution in [-0.2, 0) is 11.3 Å². The van der Waals surface area contributed by atoms with Crippen LogP contribution in [0.15, 0.2) is 59.6 Å². The van der Waals surface area contributed by atoms with Crippen molar-refractivity contribution < 1.29 is 9.47 Å². The Hall–Kier alpha value is -1.84. The van der Waals surface area contributed by atoms with Crippen LogP contribution in [0, 0.1) is 5.92 Å². The van der Waals surface area contributed by atoms with Crippen molar-refractivity contribution >= 4 is 29.9 Å². The van der Waals surface area contributed by atoms with Crippen LogP contribution in [0.1, 0.15) is 23.6 Å². The largest absolute Gasteiger partial charge is 0.497 e. The van der Waals surface area contributed by atoms with Gasteiger partial charge in [-0.05, 0) is 43.8 Å². The third-order valence-electron chi connectivity index (χ3n) is 5.82. The Labute approximate surface area is 210 Å². The Morgan fingerprint density at radius 2 is 1.97 bits per heavy atom. The number of methoxy groups -OCH3 is 1. The Morgan fingerprint density at radius 1 is 1.19 bits per heavy atom. The quantitative estimate of drug-likeness (QED) is 0.289. The van der Waals surface area contributed by atoms with Gasteiger partial charge in [0.25, 0.3) is 0 Å². The van der Waals surface area contributed by atoms with Gasteiger partial charge in [-0.15, -0.1) is 24.0 Å². The number of nitrogens with zero attached hydrogens (tertiary/aromatic N) is 3. The van der Waals surface area contributed by atoms with Gasteiger partial charge in [-0.25, -0.2) is 0 Å². The van der Waals surface area contributed by atoms with Crippen molar-refractivity contribution in [2.75, 3.05) is 54.5 Å². The third kappa shape index (κ3) is 7.64. The highest BCUT2D eigenvalue weighted by Gasteiger charge is 2.26. The lowest BCUT2D eigenvalue weighted by Crippen LogP contribution is -2.43. The highest BCUT2D eigenvalue weighted by Crippen LogP contribution is 2.23. The summed E-state index contributed by atoms with van der Waals surface area (Å²) in [6, 6.07) is 18.8. The van der Waals surface area contributed by atoms with Crippen molar-refractivity contribution in [1.82, 2.24) is 15.1 Å². The molecule has 0 amide bonds. The van der Waals surface area contributed by atoms with Crippen LogP contribution in [0.5, 0.6) is 5.75 Å². The molecular formula is C25H37IN4O2. The fourth-order valence-corrected chi connectivity index (χ4v) is 4.05. The summed E-state index contributed by atoms with van der Waals surface area (Å²) in [6.07, 6.45) is 1.13. The molecule has 0 bridgehead atoms. The second-order valence-electron chi connectivity index (χ2n) is 8.29. The van der Waals surface area contributed by atoms with Crippen LogP contribution in [0.3, 0.4) is 0 Å². The number of ether oxygens (including phenoxy) is 2. The van der Waals surface area contributed by atoms with Crippen LogP contribution in [0.4, 0.5) is 0 Å². The van der Waals surface area contributed by atoms with Gasteiger partial charge < -0.3 is 24.6 Å². The smallest absolute Gasteiger partial charge is 0.193 e. The first-order valence-electron chi connectivity index (χ1n) is 11.0. The highest BCUT2D eigenvalue weighted by molar-refractivity contribution is 14.0. The van der Waals surface area contributed by atoms with Crippen LogP contribution in [0.25, 0.3) is 0 Å². The number of benzene rings is 2. The molecule has 2 aromatic carbocycles. The van der Waals surface area contributed by atoms with Gasteiger partial charge >= 0.3 is 0 Å². The van der Waals surface area contributed by atoms with Gasteiger partial charge in [0, 0.05) is 32.6 Å². The number of rotatable bonds is 9. The average molecular weight is 553 g/mol. The van der Waals surface area contributed by atoms with Gasteiger partial charge in [0.2, 0.25) is 0 Å². The molecule has 176 valence electrons. The van der Waals surface area contributed by atoms with Gasteiger partial charge in [0.05, 0.1) is 26.4 Å². The maximum absolute atomic E-state index is 5.97. The van der Waals surface area contributed by atoms with E-state index in [9.17, 15) is 0 Å². The Balaban J connectivity index is 0.00000363. The predicted molar refractivity (Wildman–Crippen MR) is 142 cm³/mol. The van der Waals surface area contributed by atoms with Gasteiger partial charge in [-0.3, -0.25) is 4.99 Å². The summed E-state index contributed by atoms with van der Waals surface area (Å²) in [5, 5.41) is 3.58. The van der Waals surface area contributed by atoms with E-state index < -0.39 is 0 Å². The van der Waals surface area contributed by atoms with E-state index in [1.54, 1.807) is 7.11 Å². The number of aliphatic imine (C=N–C) groups is 1. The molecule has 1 fully saturated rings. The molecule has 3 rings (SSSR count). The SMILES string of the molecule is CN=C(NCC(c1cccc(OC)c1)N(C)C)N1CCC(COCc2ccccc2)C1.I. The molecule has 0 aliphatic carbocycles. The monoisotopic (exact) mass is 552 g/mol. The molecule has 1 heterocycles. The lowest BCUT2D eigenvalue weighted by molar-refractivity contribution is 0.0906. The average Bonchev–Trinajstić information content (AvgIpc) is 3.26. The molecule has 7 heteroatoms. The van der Waals surface area contributed by atoms with E-state index in [2.05, 4.69) is 70.6 Å². The van der Waals surface area contributed by atoms with Crippen molar-refractivity contribution in [1.29, 1.82) is 0 Å². The second-order valence-corrected chi connectivity index (χ2v) is 8.29. The molecule has 0 saturated carbocycles. The van der Waals surface area contributed by atoms with Gasteiger partial charge in [0.1, 0.15) is 5.75 Å². The zero-order valence-electron chi connectivity index (χ0n) is 19.7. The first kappa shape index (κ1) is 26.4. The number of likely N-dealkylation sites (tertiary alicyclic amines) is 1. The lowest BCUT2D eigenvalue weighted by atomic mass is 10.1. The Bertz CT molecular complexity index is 832. The highest BCUT2D eigenvalue weighted by atomic mass is 127. The van der Waals surface area contributed by atoms with Crippen molar-refractivity contribution in [3.8, 4) is 5.75 Å². The molecule has 6 nitrogen and oxygen atoms in total. The number of hydrogen-bond acceptors (Lipinski definition) is 4. The molecule has 1 N–H and O–H groups in total. The van der Waals surface area contributed by atoms with E-state index in [0.717, 1.165) is 44.4 Å². The number of guanidine groups is 1. The minimum absolute atomic E-state index is 0. The zero-order chi connectivity index (χ0) is 22.1. The van der Waals surface area contributed by atoms with Crippen LogP contribution >= 0.6 is 24.0 Å². The van der Waals surface area contributed by atoms with Gasteiger partial charge in [0.15, 0.2) is 5.96 Å². The maximum atomic E-state index is 5.97. The predicted octanol–water partition coefficient (Wildman–Crippen LogP) is 4.03. The first-order valence-corrected chi connectivity index (χ1v) is 11.0. The van der Waals surface area contributed by atoms with E-state index in [0.29, 0.717) is 12.5 Å². The second kappa shape index (κ2) is 13.6. The summed E-state index contributed by atoms with van der Waals surface area (Å²) in [5.41, 5.74) is 2.45. The lowest BCUT2D eigenvalue weighted by Gasteiger charge is -2.28. The molecule has 1 aliphatic heterocycles. The van der Waals surface area contributed by atoms with Crippen molar-refractivity contribution in [2.45, 2.75) is 19.1 Å². The van der Waals surface area contributed by atoms with Gasteiger partial charge in [-0.2, -0.15) is 0 Å². The van der Waals surface area contributed by atoms with Crippen LogP contribution in [-0.4, -0.2) is 70.3 Å². The number of nitrogens with one attached hydrogen (secondary N) is 1.